The van der Waals surface area contributed by atoms with Crippen molar-refractivity contribution in [2.75, 3.05) is 40.8 Å². The largest absolute Gasteiger partial charge is 0.496 e. The van der Waals surface area contributed by atoms with Crippen LogP contribution in [0.5, 0.6) is 5.75 Å². The summed E-state index contributed by atoms with van der Waals surface area (Å²) in [6, 6.07) is 6.35. The first-order valence-electron chi connectivity index (χ1n) is 7.69. The maximum atomic E-state index is 5.73. The van der Waals surface area contributed by atoms with Crippen molar-refractivity contribution in [2.24, 2.45) is 11.7 Å². The fourth-order valence-electron chi connectivity index (χ4n) is 2.41. The third-order valence-electron chi connectivity index (χ3n) is 3.46. The van der Waals surface area contributed by atoms with Gasteiger partial charge in [0.1, 0.15) is 5.75 Å². The molecule has 1 aromatic carbocycles. The minimum absolute atomic E-state index is 0.514. The third-order valence-corrected chi connectivity index (χ3v) is 3.46. The van der Waals surface area contributed by atoms with Gasteiger partial charge in [-0.25, -0.2) is 0 Å². The Morgan fingerprint density at radius 3 is 2.43 bits per heavy atom. The summed E-state index contributed by atoms with van der Waals surface area (Å²) >= 11 is 0. The Kier molecular flexibility index (Phi) is 7.72. The first-order valence-corrected chi connectivity index (χ1v) is 7.69. The molecule has 1 rings (SSSR count). The summed E-state index contributed by atoms with van der Waals surface area (Å²) in [7, 11) is 5.94. The monoisotopic (exact) mass is 293 g/mol. The third kappa shape index (κ3) is 6.46. The second-order valence-electron chi connectivity index (χ2n) is 6.28. The highest BCUT2D eigenvalue weighted by molar-refractivity contribution is 5.37. The molecule has 120 valence electrons. The first-order chi connectivity index (χ1) is 9.96. The molecule has 0 aliphatic carbocycles. The van der Waals surface area contributed by atoms with Gasteiger partial charge in [0.2, 0.25) is 0 Å². The maximum Gasteiger partial charge on any atom is 0.123 e. The van der Waals surface area contributed by atoms with Crippen molar-refractivity contribution in [3.63, 3.8) is 0 Å². The molecule has 0 bridgehead atoms. The van der Waals surface area contributed by atoms with Gasteiger partial charge in [-0.05, 0) is 31.6 Å². The van der Waals surface area contributed by atoms with Crippen LogP contribution in [-0.2, 0) is 13.1 Å². The highest BCUT2D eigenvalue weighted by Crippen LogP contribution is 2.21. The molecular weight excluding hydrogens is 262 g/mol. The average Bonchev–Trinajstić information content (AvgIpc) is 2.44. The van der Waals surface area contributed by atoms with Crippen LogP contribution in [0.1, 0.15) is 25.0 Å². The van der Waals surface area contributed by atoms with Gasteiger partial charge in [-0.3, -0.25) is 4.90 Å². The van der Waals surface area contributed by atoms with Crippen LogP contribution in [0.25, 0.3) is 0 Å². The van der Waals surface area contributed by atoms with Gasteiger partial charge < -0.3 is 15.4 Å². The van der Waals surface area contributed by atoms with Gasteiger partial charge in [0.05, 0.1) is 7.11 Å². The number of hydrogen-bond donors (Lipinski definition) is 1. The van der Waals surface area contributed by atoms with E-state index in [4.69, 9.17) is 10.5 Å². The summed E-state index contributed by atoms with van der Waals surface area (Å²) in [4.78, 5) is 4.73. The number of ether oxygens (including phenoxy) is 1. The molecule has 0 saturated heterocycles. The SMILES string of the molecule is COc1cc(CN(CCN(C)C)CC(C)C)ccc1CN. The smallest absolute Gasteiger partial charge is 0.123 e. The number of methoxy groups -OCH3 is 1. The van der Waals surface area contributed by atoms with Gasteiger partial charge in [0, 0.05) is 38.3 Å². The van der Waals surface area contributed by atoms with E-state index in [1.165, 1.54) is 5.56 Å². The minimum atomic E-state index is 0.514. The number of nitrogens with zero attached hydrogens (tertiary/aromatic N) is 2. The molecule has 0 radical (unpaired) electrons. The topological polar surface area (TPSA) is 41.7 Å². The number of benzene rings is 1. The fraction of sp³-hybridized carbons (Fsp3) is 0.647. The summed E-state index contributed by atoms with van der Waals surface area (Å²) in [6.07, 6.45) is 0. The predicted octanol–water partition coefficient (Wildman–Crippen LogP) is 2.17. The van der Waals surface area contributed by atoms with E-state index in [1.54, 1.807) is 7.11 Å². The zero-order chi connectivity index (χ0) is 15.8. The predicted molar refractivity (Wildman–Crippen MR) is 89.6 cm³/mol. The average molecular weight is 293 g/mol. The molecule has 1 aromatic rings. The first kappa shape index (κ1) is 18.0. The quantitative estimate of drug-likeness (QED) is 0.758. The molecule has 0 atom stereocenters. The molecular formula is C17H31N3O. The molecule has 2 N–H and O–H groups in total. The van der Waals surface area contributed by atoms with Crippen LogP contribution in [-0.4, -0.2) is 50.6 Å². The van der Waals surface area contributed by atoms with Gasteiger partial charge in [-0.1, -0.05) is 26.0 Å². The second kappa shape index (κ2) is 9.03. The molecule has 21 heavy (non-hydrogen) atoms. The Balaban J connectivity index is 2.76. The molecule has 0 amide bonds. The van der Waals surface area contributed by atoms with Gasteiger partial charge in [0.25, 0.3) is 0 Å². The Hall–Kier alpha value is -1.10. The summed E-state index contributed by atoms with van der Waals surface area (Å²) in [5, 5.41) is 0. The van der Waals surface area contributed by atoms with E-state index < -0.39 is 0 Å². The molecule has 0 heterocycles. The molecule has 4 nitrogen and oxygen atoms in total. The van der Waals surface area contributed by atoms with Gasteiger partial charge in [-0.2, -0.15) is 0 Å². The van der Waals surface area contributed by atoms with E-state index >= 15 is 0 Å². The maximum absolute atomic E-state index is 5.73. The number of nitrogens with two attached hydrogens (primary N) is 1. The fourth-order valence-corrected chi connectivity index (χ4v) is 2.41. The lowest BCUT2D eigenvalue weighted by Crippen LogP contribution is -2.34. The van der Waals surface area contributed by atoms with E-state index in [0.29, 0.717) is 12.5 Å². The molecule has 0 saturated carbocycles. The van der Waals surface area contributed by atoms with Crippen molar-refractivity contribution in [3.05, 3.63) is 29.3 Å². The molecule has 0 aromatic heterocycles. The van der Waals surface area contributed by atoms with Gasteiger partial charge in [0.15, 0.2) is 0 Å². The van der Waals surface area contributed by atoms with Crippen LogP contribution in [0.15, 0.2) is 18.2 Å². The van der Waals surface area contributed by atoms with Crippen LogP contribution in [0.2, 0.25) is 0 Å². The Morgan fingerprint density at radius 1 is 1.19 bits per heavy atom. The Morgan fingerprint density at radius 2 is 1.90 bits per heavy atom. The highest BCUT2D eigenvalue weighted by atomic mass is 16.5. The zero-order valence-corrected chi connectivity index (χ0v) is 14.2. The lowest BCUT2D eigenvalue weighted by atomic mass is 10.1. The summed E-state index contributed by atoms with van der Waals surface area (Å²) in [5.41, 5.74) is 8.07. The van der Waals surface area contributed by atoms with Crippen LogP contribution in [0.4, 0.5) is 0 Å². The number of hydrogen-bond acceptors (Lipinski definition) is 4. The lowest BCUT2D eigenvalue weighted by Gasteiger charge is -2.26. The van der Waals surface area contributed by atoms with Crippen molar-refractivity contribution < 1.29 is 4.74 Å². The van der Waals surface area contributed by atoms with Crippen LogP contribution >= 0.6 is 0 Å². The van der Waals surface area contributed by atoms with E-state index in [1.807, 2.05) is 0 Å². The summed E-state index contributed by atoms with van der Waals surface area (Å²) in [6.45, 7) is 9.25. The summed E-state index contributed by atoms with van der Waals surface area (Å²) in [5.74, 6) is 1.56. The van der Waals surface area contributed by atoms with E-state index in [9.17, 15) is 0 Å². The Labute approximate surface area is 129 Å². The summed E-state index contributed by atoms with van der Waals surface area (Å²) < 4.78 is 5.43. The molecule has 0 aliphatic heterocycles. The standard InChI is InChI=1S/C17H31N3O/c1-14(2)12-20(9-8-19(3)4)13-15-6-7-16(11-18)17(10-15)21-5/h6-7,10,14H,8-9,11-13,18H2,1-5H3. The number of likely N-dealkylation sites (N-methyl/N-ethyl adjacent to an activating group) is 1. The van der Waals surface area contributed by atoms with Crippen LogP contribution in [0.3, 0.4) is 0 Å². The van der Waals surface area contributed by atoms with Crippen molar-refractivity contribution >= 4 is 0 Å². The van der Waals surface area contributed by atoms with Crippen molar-refractivity contribution in [1.29, 1.82) is 0 Å². The van der Waals surface area contributed by atoms with Crippen LogP contribution < -0.4 is 10.5 Å². The lowest BCUT2D eigenvalue weighted by molar-refractivity contribution is 0.211. The van der Waals surface area contributed by atoms with Gasteiger partial charge >= 0.3 is 0 Å². The van der Waals surface area contributed by atoms with Crippen molar-refractivity contribution in [1.82, 2.24) is 9.80 Å². The van der Waals surface area contributed by atoms with Crippen molar-refractivity contribution in [3.8, 4) is 5.75 Å². The van der Waals surface area contributed by atoms with E-state index in [2.05, 4.69) is 55.9 Å². The normalized spacial score (nSPS) is 11.7. The molecule has 0 fully saturated rings. The Bertz CT molecular complexity index is 418. The van der Waals surface area contributed by atoms with E-state index in [-0.39, 0.29) is 0 Å². The van der Waals surface area contributed by atoms with E-state index in [0.717, 1.165) is 37.5 Å². The molecule has 4 heteroatoms. The molecule has 0 spiro atoms. The van der Waals surface area contributed by atoms with Gasteiger partial charge in [-0.15, -0.1) is 0 Å². The highest BCUT2D eigenvalue weighted by Gasteiger charge is 2.10. The molecule has 0 unspecified atom stereocenters. The number of rotatable bonds is 9. The molecule has 0 aliphatic rings. The minimum Gasteiger partial charge on any atom is -0.496 e. The second-order valence-corrected chi connectivity index (χ2v) is 6.28. The zero-order valence-electron chi connectivity index (χ0n) is 14.2. The van der Waals surface area contributed by atoms with Crippen LogP contribution in [0, 0.1) is 5.92 Å². The van der Waals surface area contributed by atoms with Crippen molar-refractivity contribution in [2.45, 2.75) is 26.9 Å².